The molecule has 1 heterocycles. The van der Waals surface area contributed by atoms with Crippen LogP contribution in [0.4, 0.5) is 13.2 Å². The minimum absolute atomic E-state index is 0.0911. The van der Waals surface area contributed by atoms with Crippen molar-refractivity contribution in [3.05, 3.63) is 29.8 Å². The van der Waals surface area contributed by atoms with E-state index in [1.165, 1.54) is 0 Å². The molecular weight excluding hydrogens is 309 g/mol. The summed E-state index contributed by atoms with van der Waals surface area (Å²) in [5, 5.41) is 0. The van der Waals surface area contributed by atoms with Crippen LogP contribution in [0.5, 0.6) is 5.75 Å². The van der Waals surface area contributed by atoms with Crippen molar-refractivity contribution in [2.45, 2.75) is 18.8 Å². The Morgan fingerprint density at radius 1 is 1.30 bits per heavy atom. The Hall–Kier alpha value is -1.31. The van der Waals surface area contributed by atoms with Gasteiger partial charge in [-0.3, -0.25) is 4.90 Å². The van der Waals surface area contributed by atoms with E-state index >= 15 is 0 Å². The molecule has 1 aromatic rings. The number of nitrogens with zero attached hydrogens (tertiary/aromatic N) is 2. The Labute approximate surface area is 134 Å². The van der Waals surface area contributed by atoms with Gasteiger partial charge in [-0.2, -0.15) is 13.2 Å². The Morgan fingerprint density at radius 3 is 2.74 bits per heavy atom. The first-order valence-corrected chi connectivity index (χ1v) is 7.62. The fourth-order valence-electron chi connectivity index (χ4n) is 2.40. The van der Waals surface area contributed by atoms with Gasteiger partial charge in [0.05, 0.1) is 6.61 Å². The van der Waals surface area contributed by atoms with E-state index in [0.29, 0.717) is 19.7 Å². The SMILES string of the molecule is CN(C)CCOc1ccccc1CN1CCOC(C(F)(F)F)C1. The van der Waals surface area contributed by atoms with Gasteiger partial charge in [0, 0.05) is 31.7 Å². The first kappa shape index (κ1) is 18.0. The zero-order valence-electron chi connectivity index (χ0n) is 13.5. The maximum absolute atomic E-state index is 12.8. The van der Waals surface area contributed by atoms with Crippen LogP contribution >= 0.6 is 0 Å². The lowest BCUT2D eigenvalue weighted by atomic mass is 10.1. The Balaban J connectivity index is 1.96. The molecule has 2 rings (SSSR count). The van der Waals surface area contributed by atoms with Gasteiger partial charge in [-0.05, 0) is 20.2 Å². The summed E-state index contributed by atoms with van der Waals surface area (Å²) in [4.78, 5) is 3.77. The molecule has 1 aliphatic heterocycles. The van der Waals surface area contributed by atoms with Crippen molar-refractivity contribution in [1.29, 1.82) is 0 Å². The lowest BCUT2D eigenvalue weighted by Gasteiger charge is -2.34. The number of likely N-dealkylation sites (N-methyl/N-ethyl adjacent to an activating group) is 1. The normalized spacial score (nSPS) is 20.0. The number of rotatable bonds is 6. The summed E-state index contributed by atoms with van der Waals surface area (Å²) in [5.41, 5.74) is 0.897. The zero-order valence-corrected chi connectivity index (χ0v) is 13.5. The van der Waals surface area contributed by atoms with E-state index in [0.717, 1.165) is 17.9 Å². The molecule has 23 heavy (non-hydrogen) atoms. The monoisotopic (exact) mass is 332 g/mol. The van der Waals surface area contributed by atoms with Crippen LogP contribution in [0.1, 0.15) is 5.56 Å². The van der Waals surface area contributed by atoms with E-state index in [2.05, 4.69) is 0 Å². The predicted molar refractivity (Wildman–Crippen MR) is 81.6 cm³/mol. The van der Waals surface area contributed by atoms with Gasteiger partial charge in [0.25, 0.3) is 0 Å². The highest BCUT2D eigenvalue weighted by Gasteiger charge is 2.43. The Kier molecular flexibility index (Phi) is 6.26. The third-order valence-corrected chi connectivity index (χ3v) is 3.68. The maximum Gasteiger partial charge on any atom is 0.415 e. The number of hydrogen-bond donors (Lipinski definition) is 0. The number of hydrogen-bond acceptors (Lipinski definition) is 4. The van der Waals surface area contributed by atoms with Gasteiger partial charge in [-0.15, -0.1) is 0 Å². The van der Waals surface area contributed by atoms with Crippen molar-refractivity contribution < 1.29 is 22.6 Å². The smallest absolute Gasteiger partial charge is 0.415 e. The van der Waals surface area contributed by atoms with Crippen LogP contribution < -0.4 is 4.74 Å². The number of morpholine rings is 1. The summed E-state index contributed by atoms with van der Waals surface area (Å²) < 4.78 is 49.0. The van der Waals surface area contributed by atoms with Crippen LogP contribution in [0.3, 0.4) is 0 Å². The molecule has 0 saturated carbocycles. The van der Waals surface area contributed by atoms with E-state index in [9.17, 15) is 13.2 Å². The quantitative estimate of drug-likeness (QED) is 0.799. The highest BCUT2D eigenvalue weighted by atomic mass is 19.4. The second kappa shape index (κ2) is 7.99. The molecule has 7 heteroatoms. The summed E-state index contributed by atoms with van der Waals surface area (Å²) in [7, 11) is 3.92. The molecule has 1 unspecified atom stereocenters. The lowest BCUT2D eigenvalue weighted by Crippen LogP contribution is -2.48. The Morgan fingerprint density at radius 2 is 2.04 bits per heavy atom. The third-order valence-electron chi connectivity index (χ3n) is 3.68. The van der Waals surface area contributed by atoms with E-state index < -0.39 is 12.3 Å². The largest absolute Gasteiger partial charge is 0.492 e. The number of benzene rings is 1. The van der Waals surface area contributed by atoms with Crippen molar-refractivity contribution >= 4 is 0 Å². The molecule has 1 aliphatic rings. The highest BCUT2D eigenvalue weighted by Crippen LogP contribution is 2.27. The second-order valence-corrected chi connectivity index (χ2v) is 5.90. The van der Waals surface area contributed by atoms with Gasteiger partial charge >= 0.3 is 6.18 Å². The Bertz CT molecular complexity index is 494. The number of halogens is 3. The van der Waals surface area contributed by atoms with Crippen molar-refractivity contribution in [3.63, 3.8) is 0 Å². The fraction of sp³-hybridized carbons (Fsp3) is 0.625. The van der Waals surface area contributed by atoms with Crippen molar-refractivity contribution in [3.8, 4) is 5.75 Å². The average molecular weight is 332 g/mol. The topological polar surface area (TPSA) is 24.9 Å². The third kappa shape index (κ3) is 5.67. The van der Waals surface area contributed by atoms with E-state index in [1.54, 1.807) is 4.90 Å². The van der Waals surface area contributed by atoms with Gasteiger partial charge < -0.3 is 14.4 Å². The van der Waals surface area contributed by atoms with Crippen LogP contribution in [0, 0.1) is 0 Å². The molecular formula is C16H23F3N2O2. The van der Waals surface area contributed by atoms with E-state index in [4.69, 9.17) is 9.47 Å². The zero-order chi connectivity index (χ0) is 16.9. The van der Waals surface area contributed by atoms with E-state index in [-0.39, 0.29) is 13.2 Å². The maximum atomic E-state index is 12.8. The number of ether oxygens (including phenoxy) is 2. The first-order chi connectivity index (χ1) is 10.9. The molecule has 0 amide bonds. The molecule has 0 spiro atoms. The van der Waals surface area contributed by atoms with Crippen molar-refractivity contribution in [1.82, 2.24) is 9.80 Å². The summed E-state index contributed by atoms with van der Waals surface area (Å²) in [6, 6.07) is 7.48. The molecule has 1 fully saturated rings. The molecule has 1 aromatic carbocycles. The molecule has 0 aromatic heterocycles. The van der Waals surface area contributed by atoms with Crippen molar-refractivity contribution in [2.75, 3.05) is 46.9 Å². The van der Waals surface area contributed by atoms with Gasteiger partial charge in [-0.25, -0.2) is 0 Å². The fourth-order valence-corrected chi connectivity index (χ4v) is 2.40. The summed E-state index contributed by atoms with van der Waals surface area (Å²) in [6.07, 6.45) is -6.03. The molecule has 1 atom stereocenters. The first-order valence-electron chi connectivity index (χ1n) is 7.62. The van der Waals surface area contributed by atoms with Gasteiger partial charge in [0.1, 0.15) is 12.4 Å². The summed E-state index contributed by atoms with van der Waals surface area (Å²) in [5.74, 6) is 0.726. The highest BCUT2D eigenvalue weighted by molar-refractivity contribution is 5.33. The molecule has 0 bridgehead atoms. The van der Waals surface area contributed by atoms with Crippen molar-refractivity contribution in [2.24, 2.45) is 0 Å². The van der Waals surface area contributed by atoms with Crippen LogP contribution in [0.2, 0.25) is 0 Å². The van der Waals surface area contributed by atoms with Crippen LogP contribution in [0.15, 0.2) is 24.3 Å². The van der Waals surface area contributed by atoms with Crippen LogP contribution in [0.25, 0.3) is 0 Å². The summed E-state index contributed by atoms with van der Waals surface area (Å²) in [6.45, 7) is 2.18. The molecule has 1 saturated heterocycles. The van der Waals surface area contributed by atoms with E-state index in [1.807, 2.05) is 43.3 Å². The molecule has 0 N–H and O–H groups in total. The van der Waals surface area contributed by atoms with Crippen LogP contribution in [-0.2, 0) is 11.3 Å². The lowest BCUT2D eigenvalue weighted by molar-refractivity contribution is -0.237. The number of alkyl halides is 3. The minimum atomic E-state index is -4.32. The number of para-hydroxylation sites is 1. The average Bonchev–Trinajstić information content (AvgIpc) is 2.48. The minimum Gasteiger partial charge on any atom is -0.492 e. The van der Waals surface area contributed by atoms with Gasteiger partial charge in [-0.1, -0.05) is 18.2 Å². The van der Waals surface area contributed by atoms with Gasteiger partial charge in [0.2, 0.25) is 0 Å². The standard InChI is InChI=1S/C16H23F3N2O2/c1-20(2)7-9-22-14-6-4-3-5-13(14)11-21-8-10-23-15(12-21)16(17,18)19/h3-6,15H,7-12H2,1-2H3. The van der Waals surface area contributed by atoms with Gasteiger partial charge in [0.15, 0.2) is 6.10 Å². The molecule has 0 aliphatic carbocycles. The predicted octanol–water partition coefficient (Wildman–Crippen LogP) is 2.39. The van der Waals surface area contributed by atoms with Crippen LogP contribution in [-0.4, -0.2) is 69.0 Å². The molecule has 130 valence electrons. The summed E-state index contributed by atoms with van der Waals surface area (Å²) >= 11 is 0. The molecule has 4 nitrogen and oxygen atoms in total. The molecule has 0 radical (unpaired) electrons. The second-order valence-electron chi connectivity index (χ2n) is 5.90.